The van der Waals surface area contributed by atoms with E-state index in [1.807, 2.05) is 36.5 Å². The number of pyridine rings is 1. The Morgan fingerprint density at radius 3 is 1.36 bits per heavy atom. The molecule has 0 amide bonds. The third kappa shape index (κ3) is 5.65. The minimum Gasteiger partial charge on any atom is -0.256 e. The van der Waals surface area contributed by atoms with Crippen molar-refractivity contribution in [2.75, 3.05) is 0 Å². The molecule has 3 heteroatoms. The van der Waals surface area contributed by atoms with E-state index in [2.05, 4.69) is 181 Å². The smallest absolute Gasteiger partial charge is 0.160 e. The van der Waals surface area contributed by atoms with Gasteiger partial charge in [0.25, 0.3) is 0 Å². The third-order valence-corrected chi connectivity index (χ3v) is 10.8. The van der Waals surface area contributed by atoms with Gasteiger partial charge in [0.15, 0.2) is 5.82 Å². The summed E-state index contributed by atoms with van der Waals surface area (Å²) in [5.74, 6) is 0.693. The normalized spacial score (nSPS) is 12.5. The summed E-state index contributed by atoms with van der Waals surface area (Å²) in [5, 5.41) is 0. The third-order valence-electron chi connectivity index (χ3n) is 10.8. The Kier molecular flexibility index (Phi) is 8.04. The van der Waals surface area contributed by atoms with Crippen LogP contribution in [0.25, 0.3) is 67.4 Å². The average Bonchev–Trinajstić information content (AvgIpc) is 3.58. The lowest BCUT2D eigenvalue weighted by atomic mass is 9.67. The van der Waals surface area contributed by atoms with Crippen molar-refractivity contribution in [3.05, 3.63) is 235 Å². The maximum atomic E-state index is 5.22. The van der Waals surface area contributed by atoms with Gasteiger partial charge in [0, 0.05) is 28.5 Å². The number of benzene rings is 7. The van der Waals surface area contributed by atoms with E-state index in [0.29, 0.717) is 5.82 Å². The molecule has 1 aliphatic carbocycles. The van der Waals surface area contributed by atoms with Crippen molar-refractivity contribution in [2.45, 2.75) is 5.41 Å². The number of rotatable bonds is 7. The minimum atomic E-state index is -0.591. The van der Waals surface area contributed by atoms with E-state index in [9.17, 15) is 0 Å². The second-order valence-electron chi connectivity index (χ2n) is 14.0. The fraction of sp³-hybridized carbons (Fsp3) is 0.0192. The van der Waals surface area contributed by atoms with Crippen molar-refractivity contribution >= 4 is 0 Å². The number of aromatic nitrogens is 3. The molecule has 0 radical (unpaired) electrons. The van der Waals surface area contributed by atoms with Crippen LogP contribution < -0.4 is 0 Å². The van der Waals surface area contributed by atoms with Gasteiger partial charge in [-0.3, -0.25) is 4.98 Å². The molecule has 10 rings (SSSR count). The van der Waals surface area contributed by atoms with Crippen LogP contribution in [0.2, 0.25) is 0 Å². The molecule has 9 aromatic rings. The lowest BCUT2D eigenvalue weighted by Crippen LogP contribution is -2.28. The van der Waals surface area contributed by atoms with Crippen molar-refractivity contribution in [1.82, 2.24) is 15.0 Å². The largest absolute Gasteiger partial charge is 0.256 e. The molecule has 0 atom stereocenters. The topological polar surface area (TPSA) is 38.7 Å². The molecule has 0 aliphatic heterocycles. The van der Waals surface area contributed by atoms with Crippen LogP contribution in [0.5, 0.6) is 0 Å². The van der Waals surface area contributed by atoms with Crippen LogP contribution in [0.4, 0.5) is 0 Å². The summed E-state index contributed by atoms with van der Waals surface area (Å²) in [6, 6.07) is 73.3. The van der Waals surface area contributed by atoms with Crippen molar-refractivity contribution in [2.24, 2.45) is 0 Å². The first kappa shape index (κ1) is 32.4. The van der Waals surface area contributed by atoms with Crippen molar-refractivity contribution in [3.8, 4) is 67.4 Å². The Labute approximate surface area is 321 Å². The summed E-state index contributed by atoms with van der Waals surface area (Å²) in [5.41, 5.74) is 16.1. The first-order valence-electron chi connectivity index (χ1n) is 18.7. The Morgan fingerprint density at radius 2 is 0.782 bits per heavy atom. The summed E-state index contributed by atoms with van der Waals surface area (Å²) in [6.07, 6.45) is 1.84. The van der Waals surface area contributed by atoms with Gasteiger partial charge in [-0.2, -0.15) is 0 Å². The van der Waals surface area contributed by atoms with Crippen LogP contribution in [0.3, 0.4) is 0 Å². The summed E-state index contributed by atoms with van der Waals surface area (Å²) >= 11 is 0. The molecule has 2 heterocycles. The Hall–Kier alpha value is -7.23. The average molecular weight is 702 g/mol. The van der Waals surface area contributed by atoms with Crippen LogP contribution in [0.15, 0.2) is 212 Å². The lowest BCUT2D eigenvalue weighted by Gasteiger charge is -2.34. The van der Waals surface area contributed by atoms with E-state index in [4.69, 9.17) is 9.97 Å². The van der Waals surface area contributed by atoms with Gasteiger partial charge in [-0.15, -0.1) is 0 Å². The van der Waals surface area contributed by atoms with Crippen LogP contribution in [-0.2, 0) is 5.41 Å². The first-order chi connectivity index (χ1) is 27.3. The molecular formula is C52H35N3. The van der Waals surface area contributed by atoms with Gasteiger partial charge >= 0.3 is 0 Å². The lowest BCUT2D eigenvalue weighted by molar-refractivity contribution is 0.769. The monoisotopic (exact) mass is 701 g/mol. The van der Waals surface area contributed by atoms with E-state index in [1.54, 1.807) is 0 Å². The molecule has 1 aliphatic rings. The van der Waals surface area contributed by atoms with Gasteiger partial charge in [-0.1, -0.05) is 176 Å². The molecular weight excluding hydrogens is 667 g/mol. The fourth-order valence-electron chi connectivity index (χ4n) is 8.30. The second kappa shape index (κ2) is 13.6. The van der Waals surface area contributed by atoms with E-state index in [0.717, 1.165) is 50.5 Å². The molecule has 2 aromatic heterocycles. The van der Waals surface area contributed by atoms with Gasteiger partial charge in [-0.25, -0.2) is 9.97 Å². The molecule has 55 heavy (non-hydrogen) atoms. The molecule has 0 saturated heterocycles. The Morgan fingerprint density at radius 1 is 0.309 bits per heavy atom. The number of hydrogen-bond donors (Lipinski definition) is 0. The van der Waals surface area contributed by atoms with Crippen LogP contribution in [0, 0.1) is 0 Å². The first-order valence-corrected chi connectivity index (χ1v) is 18.7. The number of fused-ring (bicyclic) bond motifs is 3. The molecule has 3 nitrogen and oxygen atoms in total. The summed E-state index contributed by atoms with van der Waals surface area (Å²) in [6.45, 7) is 0. The second-order valence-corrected chi connectivity index (χ2v) is 14.0. The highest BCUT2D eigenvalue weighted by atomic mass is 14.9. The number of hydrogen-bond acceptors (Lipinski definition) is 3. The van der Waals surface area contributed by atoms with Crippen molar-refractivity contribution in [3.63, 3.8) is 0 Å². The SMILES string of the molecule is c1ccc(-c2cc(-c3ccccc3)nc(-c3cccc(C4(c5cccc(-c6ccc(-c7ccccn7)cc6)c5)c5ccccc5-c5ccccc54)c3)n2)cc1. The predicted octanol–water partition coefficient (Wildman–Crippen LogP) is 12.6. The van der Waals surface area contributed by atoms with Crippen LogP contribution in [-0.4, -0.2) is 15.0 Å². The van der Waals surface area contributed by atoms with Crippen molar-refractivity contribution < 1.29 is 0 Å². The van der Waals surface area contributed by atoms with Gasteiger partial charge in [0.1, 0.15) is 0 Å². The summed E-state index contributed by atoms with van der Waals surface area (Å²) in [7, 11) is 0. The quantitative estimate of drug-likeness (QED) is 0.166. The molecule has 0 fully saturated rings. The maximum absolute atomic E-state index is 5.22. The number of nitrogens with zero attached hydrogens (tertiary/aromatic N) is 3. The minimum absolute atomic E-state index is 0.591. The van der Waals surface area contributed by atoms with Gasteiger partial charge in [0.05, 0.1) is 22.5 Å². The molecule has 0 spiro atoms. The maximum Gasteiger partial charge on any atom is 0.160 e. The van der Waals surface area contributed by atoms with Crippen LogP contribution >= 0.6 is 0 Å². The molecule has 0 unspecified atom stereocenters. The zero-order valence-electron chi connectivity index (χ0n) is 30.0. The van der Waals surface area contributed by atoms with E-state index >= 15 is 0 Å². The molecule has 258 valence electrons. The van der Waals surface area contributed by atoms with Crippen molar-refractivity contribution in [1.29, 1.82) is 0 Å². The highest BCUT2D eigenvalue weighted by Crippen LogP contribution is 2.56. The summed E-state index contributed by atoms with van der Waals surface area (Å²) < 4.78 is 0. The van der Waals surface area contributed by atoms with E-state index in [1.165, 1.54) is 33.4 Å². The highest BCUT2D eigenvalue weighted by Gasteiger charge is 2.46. The Bertz CT molecular complexity index is 2690. The fourth-order valence-corrected chi connectivity index (χ4v) is 8.30. The molecule has 0 bridgehead atoms. The van der Waals surface area contributed by atoms with Gasteiger partial charge < -0.3 is 0 Å². The molecule has 0 N–H and O–H groups in total. The van der Waals surface area contributed by atoms with Gasteiger partial charge in [0.2, 0.25) is 0 Å². The Balaban J connectivity index is 1.17. The van der Waals surface area contributed by atoms with E-state index < -0.39 is 5.41 Å². The van der Waals surface area contributed by atoms with Crippen LogP contribution in [0.1, 0.15) is 22.3 Å². The van der Waals surface area contributed by atoms with E-state index in [-0.39, 0.29) is 0 Å². The zero-order valence-corrected chi connectivity index (χ0v) is 30.0. The molecule has 7 aromatic carbocycles. The standard InChI is InChI=1S/C52H35N3/c1-3-15-37(16-4-1)49-35-50(38-17-5-2-6-18-38)55-51(54-49)41-20-14-22-43(34-41)52(46-25-9-7-23-44(46)45-24-8-10-26-47(45)52)42-21-13-19-40(33-42)36-28-30-39(31-29-36)48-27-11-12-32-53-48/h1-35H. The zero-order chi connectivity index (χ0) is 36.6. The summed E-state index contributed by atoms with van der Waals surface area (Å²) in [4.78, 5) is 15.0. The predicted molar refractivity (Wildman–Crippen MR) is 224 cm³/mol. The molecule has 0 saturated carbocycles. The van der Waals surface area contributed by atoms with Gasteiger partial charge in [-0.05, 0) is 74.8 Å². The highest BCUT2D eigenvalue weighted by molar-refractivity contribution is 5.87.